The van der Waals surface area contributed by atoms with Crippen LogP contribution in [0.4, 0.5) is 35.1 Å². The maximum absolute atomic E-state index is 13.9. The van der Waals surface area contributed by atoms with Gasteiger partial charge in [-0.1, -0.05) is 0 Å². The van der Waals surface area contributed by atoms with Gasteiger partial charge in [0.1, 0.15) is 0 Å². The molecule has 2 aromatic carbocycles. The Hall–Kier alpha value is -3.51. The SMILES string of the molecule is C=Cc1ccc(C(c2cc[c]([Cf]=[C](F)F)cc2)(C(F)(F)F)C(F)(F)F)cc1. The summed E-state index contributed by atoms with van der Waals surface area (Å²) in [5.41, 5.74) is -6.01. The van der Waals surface area contributed by atoms with Crippen molar-refractivity contribution in [1.29, 1.82) is 0 Å². The molecule has 0 saturated carbocycles. The summed E-state index contributed by atoms with van der Waals surface area (Å²) in [7, 11) is 0. The molecule has 149 valence electrons. The van der Waals surface area contributed by atoms with Crippen molar-refractivity contribution in [1.82, 2.24) is 0 Å². The van der Waals surface area contributed by atoms with Crippen LogP contribution in [0.15, 0.2) is 55.1 Å². The zero-order valence-corrected chi connectivity index (χ0v) is 15.9. The van der Waals surface area contributed by atoms with Crippen LogP contribution in [-0.4, -0.2) is 19.3 Å². The molecule has 0 heterocycles. The van der Waals surface area contributed by atoms with E-state index in [2.05, 4.69) is 6.58 Å². The summed E-state index contributed by atoms with van der Waals surface area (Å²) in [6, 6.07) is 6.78. The van der Waals surface area contributed by atoms with E-state index in [4.69, 9.17) is 0 Å². The average molecular weight is 630 g/mol. The topological polar surface area (TPSA) is 0 Å². The molecule has 27 heavy (non-hydrogen) atoms. The standard InChI is InChI=1S/C17H11F6.CF2.Cf/c1-2-12-8-10-14(11-9-12)15(16(18,19)20,17(21,22)23)13-6-4-3-5-7-13;2-1-3;/h2,4-11H,1H2;;. The molecule has 0 unspecified atom stereocenters. The third-order valence-electron chi connectivity index (χ3n) is 3.84. The van der Waals surface area contributed by atoms with Gasteiger partial charge in [0.2, 0.25) is 0 Å². The van der Waals surface area contributed by atoms with E-state index in [-0.39, 0.29) is 6.07 Å². The monoisotopic (exact) mass is 628 g/mol. The Morgan fingerprint density at radius 2 is 1.15 bits per heavy atom. The van der Waals surface area contributed by atoms with Gasteiger partial charge in [-0.2, -0.15) is 0 Å². The molecule has 0 aliphatic rings. The molecular formula is C18H11CfF8. The molecule has 9 heteroatoms. The minimum absolute atomic E-state index is 0.0498. The Labute approximate surface area is 144 Å². The van der Waals surface area contributed by atoms with Gasteiger partial charge in [0, 0.05) is 0 Å². The molecular weight excluding hydrogens is 619 g/mol. The van der Waals surface area contributed by atoms with E-state index in [0.717, 1.165) is 36.4 Å². The zero-order valence-electron chi connectivity index (χ0n) is 13.2. The predicted molar refractivity (Wildman–Crippen MR) is 82.7 cm³/mol. The fraction of sp³-hybridized carbons (Fsp3) is 0.167. The summed E-state index contributed by atoms with van der Waals surface area (Å²) in [4.78, 5) is 0. The summed E-state index contributed by atoms with van der Waals surface area (Å²) in [5.74, 6) is 0. The van der Waals surface area contributed by atoms with Gasteiger partial charge in [-0.25, -0.2) is 0 Å². The van der Waals surface area contributed by atoms with Gasteiger partial charge in [0.15, 0.2) is 0 Å². The molecule has 0 bridgehead atoms. The Morgan fingerprint density at radius 3 is 1.48 bits per heavy atom. The van der Waals surface area contributed by atoms with Crippen LogP contribution in [0, 0.1) is 0 Å². The summed E-state index contributed by atoms with van der Waals surface area (Å²) < 4.78 is 106. The number of alkyl halides is 6. The van der Waals surface area contributed by atoms with Crippen LogP contribution < -0.4 is 6.07 Å². The summed E-state index contributed by atoms with van der Waals surface area (Å²) in [5, 5.41) is 0. The van der Waals surface area contributed by atoms with E-state index in [1.807, 2.05) is 0 Å². The van der Waals surface area contributed by atoms with Gasteiger partial charge >= 0.3 is 144 Å². The number of halogens is 8. The Kier molecular flexibility index (Phi) is 4.89. The second-order valence-corrected chi connectivity index (χ2v) is 8.49. The van der Waals surface area contributed by atoms with Crippen molar-refractivity contribution in [3.8, 4) is 0 Å². The van der Waals surface area contributed by atoms with Crippen LogP contribution in [0.3, 0.4) is 0 Å². The van der Waals surface area contributed by atoms with Crippen LogP contribution >= 0.6 is 0 Å². The van der Waals surface area contributed by atoms with Gasteiger partial charge in [-0.3, -0.25) is 0 Å². The van der Waals surface area contributed by atoms with Gasteiger partial charge in [-0.05, 0) is 0 Å². The third kappa shape index (κ3) is 3.43. The first-order chi connectivity index (χ1) is 12.4. The van der Waals surface area contributed by atoms with Crippen molar-refractivity contribution >= 4 is 19.1 Å². The molecule has 2 rings (SSSR count). The van der Waals surface area contributed by atoms with Gasteiger partial charge < -0.3 is 0 Å². The molecule has 0 spiro atoms. The zero-order chi connectivity index (χ0) is 20.5. The first-order valence-corrected chi connectivity index (χ1v) is 9.80. The van der Waals surface area contributed by atoms with Crippen molar-refractivity contribution in [2.24, 2.45) is 0 Å². The third-order valence-corrected chi connectivity index (χ3v) is 5.97. The van der Waals surface area contributed by atoms with Gasteiger partial charge in [0.25, 0.3) is 0 Å². The first kappa shape index (κ1) is 19.8. The fourth-order valence-electron chi connectivity index (χ4n) is 2.66. The summed E-state index contributed by atoms with van der Waals surface area (Å²) >= 11 is 0. The molecule has 0 fully saturated rings. The van der Waals surface area contributed by atoms with Crippen molar-refractivity contribution in [2.45, 2.75) is 17.8 Å². The quantitative estimate of drug-likeness (QED) is 0.393. The molecule has 0 N–H and O–H groups in total. The predicted octanol–water partition coefficient (Wildman–Crippen LogP) is 5.48. The number of hydrogen-bond donors (Lipinski definition) is 0. The molecule has 2 aromatic rings. The van der Waals surface area contributed by atoms with E-state index in [1.165, 1.54) is 6.08 Å². The van der Waals surface area contributed by atoms with E-state index in [1.54, 1.807) is 0 Å². The first-order valence-electron chi connectivity index (χ1n) is 7.17. The van der Waals surface area contributed by atoms with E-state index in [9.17, 15) is 35.1 Å². The summed E-state index contributed by atoms with van der Waals surface area (Å²) in [6.07, 6.45) is -10.1. The Bertz CT molecular complexity index is 812. The fourth-order valence-corrected chi connectivity index (χ4v) is 4.11. The van der Waals surface area contributed by atoms with Crippen molar-refractivity contribution in [2.75, 3.05) is 0 Å². The van der Waals surface area contributed by atoms with Crippen LogP contribution in [-0.2, 0) is 5.41 Å². The van der Waals surface area contributed by atoms with E-state index >= 15 is 0 Å². The molecule has 0 aliphatic carbocycles. The van der Waals surface area contributed by atoms with E-state index in [0.29, 0.717) is 17.7 Å². The molecule has 0 atom stereocenters. The Morgan fingerprint density at radius 1 is 0.741 bits per heavy atom. The number of benzene rings is 2. The minimum atomic E-state index is -5.71. The van der Waals surface area contributed by atoms with Crippen LogP contribution in [0.2, 0.25) is 0 Å². The molecule has 0 amide bonds. The molecule has 0 saturated heterocycles. The number of rotatable bonds is 4. The molecule has 0 aliphatic heterocycles. The van der Waals surface area contributed by atoms with Crippen molar-refractivity contribution < 1.29 is 35.1 Å². The van der Waals surface area contributed by atoms with Crippen LogP contribution in [0.1, 0.15) is 16.7 Å². The average Bonchev–Trinajstić information content (AvgIpc) is 2.54. The maximum atomic E-state index is 13.9. The molecule has 0 nitrogen and oxygen atoms in total. The second kappa shape index (κ2) is 6.66. The molecule has 0 radical (unpaired) electrons. The van der Waals surface area contributed by atoms with Crippen molar-refractivity contribution in [3.63, 3.8) is 0 Å². The molecule has 0 aromatic heterocycles. The van der Waals surface area contributed by atoms with Crippen molar-refractivity contribution in [3.05, 3.63) is 71.8 Å². The van der Waals surface area contributed by atoms with Gasteiger partial charge in [0.05, 0.1) is 0 Å². The van der Waals surface area contributed by atoms with Crippen LogP contribution in [0.5, 0.6) is 0 Å². The normalized spacial score (nSPS) is 12.4. The van der Waals surface area contributed by atoms with E-state index < -0.39 is 35.8 Å². The Balaban J connectivity index is 2.79. The summed E-state index contributed by atoms with van der Waals surface area (Å²) in [6.45, 7) is 1.56. The second-order valence-electron chi connectivity index (χ2n) is 5.31. The van der Waals surface area contributed by atoms with Crippen LogP contribution in [0.25, 0.3) is 6.08 Å². The number of hydrogen-bond acceptors (Lipinski definition) is 0. The van der Waals surface area contributed by atoms with Gasteiger partial charge in [-0.15, -0.1) is 0 Å².